The highest BCUT2D eigenvalue weighted by molar-refractivity contribution is 5.89. The Balaban J connectivity index is 1.11. The third-order valence-corrected chi connectivity index (χ3v) is 10.3. The maximum atomic E-state index is 6.85. The molecule has 1 fully saturated rings. The molecule has 4 aromatic carbocycles. The molecule has 2 heterocycles. The molecule has 2 aliphatic heterocycles. The summed E-state index contributed by atoms with van der Waals surface area (Å²) >= 11 is 0. The molecule has 0 amide bonds. The number of allylic oxidation sites excluding steroid dienone is 11. The monoisotopic (exact) mass is 664 g/mol. The summed E-state index contributed by atoms with van der Waals surface area (Å²) in [7, 11) is 0. The minimum atomic E-state index is -0.0719. The molecule has 0 spiro atoms. The summed E-state index contributed by atoms with van der Waals surface area (Å²) in [5.74, 6) is 3.90. The molecule has 4 aromatic rings. The molecule has 0 saturated heterocycles. The van der Waals surface area contributed by atoms with Crippen molar-refractivity contribution in [3.63, 3.8) is 0 Å². The third-order valence-electron chi connectivity index (χ3n) is 10.3. The highest BCUT2D eigenvalue weighted by Gasteiger charge is 2.35. The Bertz CT molecular complexity index is 2140. The van der Waals surface area contributed by atoms with E-state index in [9.17, 15) is 0 Å². The van der Waals surface area contributed by atoms with Gasteiger partial charge in [-0.2, -0.15) is 0 Å². The fourth-order valence-corrected chi connectivity index (χ4v) is 7.94. The van der Waals surface area contributed by atoms with E-state index in [0.29, 0.717) is 11.8 Å². The van der Waals surface area contributed by atoms with Gasteiger partial charge < -0.3 is 9.47 Å². The van der Waals surface area contributed by atoms with Crippen LogP contribution >= 0.6 is 0 Å². The van der Waals surface area contributed by atoms with Crippen molar-refractivity contribution in [3.05, 3.63) is 214 Å². The Kier molecular flexibility index (Phi) is 9.40. The van der Waals surface area contributed by atoms with E-state index in [0.717, 1.165) is 54.1 Å². The van der Waals surface area contributed by atoms with Gasteiger partial charge in [-0.1, -0.05) is 166 Å². The molecule has 3 unspecified atom stereocenters. The van der Waals surface area contributed by atoms with Crippen LogP contribution in [0.3, 0.4) is 0 Å². The van der Waals surface area contributed by atoms with E-state index in [1.165, 1.54) is 44.6 Å². The lowest BCUT2D eigenvalue weighted by Crippen LogP contribution is -2.29. The summed E-state index contributed by atoms with van der Waals surface area (Å²) in [6.07, 6.45) is 19.5. The van der Waals surface area contributed by atoms with Crippen LogP contribution in [0.15, 0.2) is 192 Å². The fraction of sp³-hybridized carbons (Fsp3) is 0.184. The highest BCUT2D eigenvalue weighted by atomic mass is 16.5. The Morgan fingerprint density at radius 3 is 1.73 bits per heavy atom. The summed E-state index contributed by atoms with van der Waals surface area (Å²) in [6.45, 7) is 4.70. The van der Waals surface area contributed by atoms with E-state index in [2.05, 4.69) is 178 Å². The van der Waals surface area contributed by atoms with Crippen LogP contribution in [-0.2, 0) is 9.47 Å². The second-order valence-corrected chi connectivity index (χ2v) is 14.3. The molecule has 0 bridgehead atoms. The summed E-state index contributed by atoms with van der Waals surface area (Å²) in [5, 5.41) is 0. The first kappa shape index (κ1) is 32.6. The lowest BCUT2D eigenvalue weighted by atomic mass is 9.76. The van der Waals surface area contributed by atoms with Crippen molar-refractivity contribution in [1.29, 1.82) is 0 Å². The van der Waals surface area contributed by atoms with Gasteiger partial charge in [0.2, 0.25) is 0 Å². The summed E-state index contributed by atoms with van der Waals surface area (Å²) in [4.78, 5) is 0. The van der Waals surface area contributed by atoms with Gasteiger partial charge >= 0.3 is 0 Å². The van der Waals surface area contributed by atoms with Crippen LogP contribution in [-0.4, -0.2) is 6.10 Å². The Labute approximate surface area is 302 Å². The van der Waals surface area contributed by atoms with Crippen molar-refractivity contribution >= 4 is 22.7 Å². The van der Waals surface area contributed by atoms with Crippen molar-refractivity contribution in [1.82, 2.24) is 0 Å². The standard InChI is InChI=1S/C49H44O2/c1-34-28-40(48-44(30-34)42(36-18-8-3-9-19-36)32-46(50-48)38-22-12-5-13-23-38)26-16-7-17-27-41-29-35(2)31-45-43(37-20-10-4-11-21-37)33-47(51-49(41)45)39-24-14-6-15-25-39/h3-27,32-35,48H,28-31H2,1-2H3/b16-7?,27-17?,40-26+. The number of rotatable bonds is 7. The first-order valence-electron chi connectivity index (χ1n) is 18.3. The van der Waals surface area contributed by atoms with Gasteiger partial charge in [-0.3, -0.25) is 0 Å². The Hall–Kier alpha value is -5.60. The van der Waals surface area contributed by atoms with Crippen molar-refractivity contribution in [2.45, 2.75) is 45.6 Å². The molecular formula is C49H44O2. The van der Waals surface area contributed by atoms with Crippen LogP contribution in [0.2, 0.25) is 0 Å². The van der Waals surface area contributed by atoms with Crippen LogP contribution in [0.25, 0.3) is 22.7 Å². The molecule has 0 radical (unpaired) electrons. The maximum Gasteiger partial charge on any atom is 0.142 e. The number of fused-ring (bicyclic) bond motifs is 2. The predicted molar refractivity (Wildman–Crippen MR) is 212 cm³/mol. The zero-order valence-corrected chi connectivity index (χ0v) is 29.5. The van der Waals surface area contributed by atoms with Gasteiger partial charge in [0.15, 0.2) is 0 Å². The Morgan fingerprint density at radius 2 is 1.08 bits per heavy atom. The first-order valence-corrected chi connectivity index (χ1v) is 18.3. The van der Waals surface area contributed by atoms with Gasteiger partial charge in [-0.05, 0) is 88.7 Å². The van der Waals surface area contributed by atoms with Crippen molar-refractivity contribution in [2.75, 3.05) is 0 Å². The van der Waals surface area contributed by atoms with Crippen LogP contribution in [0.5, 0.6) is 0 Å². The van der Waals surface area contributed by atoms with Crippen LogP contribution in [0.4, 0.5) is 0 Å². The van der Waals surface area contributed by atoms with Crippen LogP contribution in [0, 0.1) is 11.8 Å². The zero-order valence-electron chi connectivity index (χ0n) is 29.5. The van der Waals surface area contributed by atoms with Gasteiger partial charge in [-0.25, -0.2) is 0 Å². The molecule has 51 heavy (non-hydrogen) atoms. The second-order valence-electron chi connectivity index (χ2n) is 14.3. The van der Waals surface area contributed by atoms with Crippen LogP contribution < -0.4 is 0 Å². The van der Waals surface area contributed by atoms with Gasteiger partial charge in [0.25, 0.3) is 0 Å². The van der Waals surface area contributed by atoms with Gasteiger partial charge in [-0.15, -0.1) is 0 Å². The van der Waals surface area contributed by atoms with E-state index < -0.39 is 0 Å². The van der Waals surface area contributed by atoms with E-state index in [1.54, 1.807) is 0 Å². The number of hydrogen-bond acceptors (Lipinski definition) is 2. The zero-order chi connectivity index (χ0) is 34.6. The molecule has 4 aliphatic rings. The fourth-order valence-electron chi connectivity index (χ4n) is 7.94. The highest BCUT2D eigenvalue weighted by Crippen LogP contribution is 2.46. The summed E-state index contributed by atoms with van der Waals surface area (Å²) in [5.41, 5.74) is 12.5. The molecule has 1 saturated carbocycles. The minimum absolute atomic E-state index is 0.0719. The average molecular weight is 665 g/mol. The molecule has 0 aromatic heterocycles. The van der Waals surface area contributed by atoms with E-state index in [1.807, 2.05) is 0 Å². The molecule has 8 rings (SSSR count). The Morgan fingerprint density at radius 1 is 0.529 bits per heavy atom. The van der Waals surface area contributed by atoms with E-state index >= 15 is 0 Å². The lowest BCUT2D eigenvalue weighted by Gasteiger charge is -2.37. The molecule has 2 aliphatic carbocycles. The molecule has 0 N–H and O–H groups in total. The van der Waals surface area contributed by atoms with Crippen molar-refractivity contribution in [2.24, 2.45) is 11.8 Å². The largest absolute Gasteiger partial charge is 0.481 e. The van der Waals surface area contributed by atoms with Gasteiger partial charge in [0.05, 0.1) is 0 Å². The maximum absolute atomic E-state index is 6.85. The molecule has 2 heteroatoms. The minimum Gasteiger partial charge on any atom is -0.481 e. The molecule has 3 atom stereocenters. The molecular weight excluding hydrogens is 621 g/mol. The normalized spacial score (nSPS) is 22.8. The number of hydrogen-bond donors (Lipinski definition) is 0. The number of ether oxygens (including phenoxy) is 2. The van der Waals surface area contributed by atoms with Crippen molar-refractivity contribution < 1.29 is 9.47 Å². The second kappa shape index (κ2) is 14.7. The molecule has 252 valence electrons. The SMILES string of the molecule is CC1CC(C=CC=C/C=C2\CC(C)CC3=C(c4ccccc4)C=C(c4ccccc4)OC32)=C2OC(c3ccccc3)=CC(c3ccccc3)=C2C1. The van der Waals surface area contributed by atoms with E-state index in [4.69, 9.17) is 9.47 Å². The first-order chi connectivity index (χ1) is 25.1. The predicted octanol–water partition coefficient (Wildman–Crippen LogP) is 12.6. The molecule has 2 nitrogen and oxygen atoms in total. The van der Waals surface area contributed by atoms with E-state index in [-0.39, 0.29) is 6.10 Å². The van der Waals surface area contributed by atoms with Crippen molar-refractivity contribution in [3.8, 4) is 0 Å². The lowest BCUT2D eigenvalue weighted by molar-refractivity contribution is 0.201. The smallest absolute Gasteiger partial charge is 0.142 e. The quantitative estimate of drug-likeness (QED) is 0.183. The van der Waals surface area contributed by atoms with Gasteiger partial charge in [0.1, 0.15) is 23.4 Å². The van der Waals surface area contributed by atoms with Gasteiger partial charge in [0, 0.05) is 16.7 Å². The number of benzene rings is 4. The third kappa shape index (κ3) is 7.05. The summed E-state index contributed by atoms with van der Waals surface area (Å²) in [6, 6.07) is 42.5. The topological polar surface area (TPSA) is 18.5 Å². The average Bonchev–Trinajstić information content (AvgIpc) is 3.18. The van der Waals surface area contributed by atoms with Crippen LogP contribution in [0.1, 0.15) is 61.8 Å². The summed E-state index contributed by atoms with van der Waals surface area (Å²) < 4.78 is 13.6.